The van der Waals surface area contributed by atoms with E-state index in [2.05, 4.69) is 58.6 Å². The van der Waals surface area contributed by atoms with Crippen LogP contribution in [0, 0.1) is 19.8 Å². The second kappa shape index (κ2) is 13.7. The zero-order chi connectivity index (χ0) is 29.5. The predicted octanol–water partition coefficient (Wildman–Crippen LogP) is 2.70. The zero-order valence-electron chi connectivity index (χ0n) is 25.3. The Kier molecular flexibility index (Phi) is 10.1. The first-order valence-electron chi connectivity index (χ1n) is 14.4. The van der Waals surface area contributed by atoms with Crippen LogP contribution in [-0.4, -0.2) is 77.9 Å². The van der Waals surface area contributed by atoms with E-state index >= 15 is 0 Å². The number of H-pyrrole nitrogens is 1. The molecule has 0 radical (unpaired) electrons. The lowest BCUT2D eigenvalue weighted by molar-refractivity contribution is -0.116. The topological polar surface area (TPSA) is 109 Å². The first kappa shape index (κ1) is 30.2. The van der Waals surface area contributed by atoms with E-state index in [-0.39, 0.29) is 18.0 Å². The lowest BCUT2D eigenvalue weighted by Crippen LogP contribution is -2.44. The molecule has 0 atom stereocenters. The van der Waals surface area contributed by atoms with Crippen molar-refractivity contribution in [3.05, 3.63) is 80.6 Å². The summed E-state index contributed by atoms with van der Waals surface area (Å²) in [6.45, 7) is 15.5. The molecule has 1 amide bonds. The molecule has 2 fully saturated rings. The highest BCUT2D eigenvalue weighted by molar-refractivity contribution is 6.06. The van der Waals surface area contributed by atoms with Gasteiger partial charge in [-0.15, -0.1) is 0 Å². The summed E-state index contributed by atoms with van der Waals surface area (Å²) in [4.78, 5) is 42.5. The first-order chi connectivity index (χ1) is 19.6. The van der Waals surface area contributed by atoms with Gasteiger partial charge in [-0.2, -0.15) is 0 Å². The standard InChI is InChI=1S/C31H44N8O2/c1-7-26(15-24-8-9-28(32-17-24)38-12-10-37(6)11-13-38)36-30-25(18-34-39(30)20-21(2)3)16-29(40)33-19-27-22(4)14-23(5)35-31(27)41/h7-9,14,16-17,21,34H,10-13,15,18-20H2,1-6H3,(H,33,40)(H,35,41). The van der Waals surface area contributed by atoms with Gasteiger partial charge >= 0.3 is 0 Å². The number of hydrazine groups is 1. The summed E-state index contributed by atoms with van der Waals surface area (Å²) in [7, 11) is 2.15. The van der Waals surface area contributed by atoms with E-state index in [0.717, 1.165) is 72.5 Å². The molecule has 0 unspecified atom stereocenters. The monoisotopic (exact) mass is 560 g/mol. The van der Waals surface area contributed by atoms with Crippen LogP contribution >= 0.6 is 0 Å². The minimum Gasteiger partial charge on any atom is -0.354 e. The molecule has 2 aromatic heterocycles. The van der Waals surface area contributed by atoms with E-state index in [1.54, 1.807) is 6.08 Å². The Balaban J connectivity index is 1.48. The smallest absolute Gasteiger partial charge is 0.253 e. The van der Waals surface area contributed by atoms with Gasteiger partial charge in [0.25, 0.3) is 5.56 Å². The Morgan fingerprint density at radius 2 is 1.95 bits per heavy atom. The average Bonchev–Trinajstić information content (AvgIpc) is 3.28. The van der Waals surface area contributed by atoms with Crippen LogP contribution < -0.4 is 21.2 Å². The van der Waals surface area contributed by atoms with Gasteiger partial charge < -0.3 is 20.1 Å². The molecular formula is C31H44N8O2. The van der Waals surface area contributed by atoms with E-state index in [1.165, 1.54) is 0 Å². The normalized spacial score (nSPS) is 18.7. The fourth-order valence-electron chi connectivity index (χ4n) is 5.05. The number of rotatable bonds is 9. The molecule has 0 aliphatic carbocycles. The van der Waals surface area contributed by atoms with Crippen LogP contribution in [0.15, 0.2) is 57.6 Å². The van der Waals surface area contributed by atoms with Gasteiger partial charge in [0.2, 0.25) is 5.91 Å². The summed E-state index contributed by atoms with van der Waals surface area (Å²) in [5.74, 6) is 1.90. The number of pyridine rings is 2. The van der Waals surface area contributed by atoms with E-state index in [1.807, 2.05) is 44.1 Å². The van der Waals surface area contributed by atoms with Crippen LogP contribution in [-0.2, 0) is 17.8 Å². The minimum atomic E-state index is -0.258. The number of nitrogens with one attached hydrogen (secondary N) is 3. The molecule has 10 nitrogen and oxygen atoms in total. The van der Waals surface area contributed by atoms with Crippen LogP contribution in [0.4, 0.5) is 5.82 Å². The number of amidine groups is 1. The predicted molar refractivity (Wildman–Crippen MR) is 165 cm³/mol. The van der Waals surface area contributed by atoms with Crippen molar-refractivity contribution in [2.75, 3.05) is 51.2 Å². The zero-order valence-corrected chi connectivity index (χ0v) is 25.3. The Hall–Kier alpha value is -3.76. The highest BCUT2D eigenvalue weighted by Gasteiger charge is 2.25. The molecule has 0 saturated carbocycles. The van der Waals surface area contributed by atoms with Gasteiger partial charge in [-0.25, -0.2) is 15.4 Å². The summed E-state index contributed by atoms with van der Waals surface area (Å²) in [5.41, 5.74) is 8.22. The van der Waals surface area contributed by atoms with Crippen molar-refractivity contribution in [1.29, 1.82) is 0 Å². The molecule has 0 aromatic carbocycles. The number of aromatic amines is 1. The third-order valence-electron chi connectivity index (χ3n) is 7.39. The lowest BCUT2D eigenvalue weighted by Gasteiger charge is -2.33. The van der Waals surface area contributed by atoms with Crippen molar-refractivity contribution in [3.63, 3.8) is 0 Å². The second-order valence-electron chi connectivity index (χ2n) is 11.4. The van der Waals surface area contributed by atoms with Crippen molar-refractivity contribution in [1.82, 2.24) is 30.6 Å². The largest absolute Gasteiger partial charge is 0.354 e. The maximum atomic E-state index is 12.9. The molecule has 0 bridgehead atoms. The van der Waals surface area contributed by atoms with Crippen molar-refractivity contribution in [2.45, 2.75) is 47.6 Å². The fraction of sp³-hybridized carbons (Fsp3) is 0.484. The lowest BCUT2D eigenvalue weighted by atomic mass is 10.1. The number of piperazine rings is 1. The molecule has 2 aromatic rings. The molecule has 3 N–H and O–H groups in total. The molecule has 220 valence electrons. The summed E-state index contributed by atoms with van der Waals surface area (Å²) in [5, 5.41) is 4.90. The number of carbonyl (C=O) groups excluding carboxylic acids is 1. The molecule has 2 aliphatic rings. The Morgan fingerprint density at radius 3 is 2.59 bits per heavy atom. The number of anilines is 1. The van der Waals surface area contributed by atoms with E-state index in [9.17, 15) is 9.59 Å². The number of aromatic nitrogens is 2. The maximum Gasteiger partial charge on any atom is 0.253 e. The van der Waals surface area contributed by atoms with Gasteiger partial charge in [0.15, 0.2) is 0 Å². The number of amides is 1. The third-order valence-corrected chi connectivity index (χ3v) is 7.39. The molecule has 41 heavy (non-hydrogen) atoms. The average molecular weight is 561 g/mol. The molecule has 4 rings (SSSR count). The highest BCUT2D eigenvalue weighted by Crippen LogP contribution is 2.19. The van der Waals surface area contributed by atoms with Gasteiger partial charge in [0, 0.05) is 87.0 Å². The van der Waals surface area contributed by atoms with Gasteiger partial charge in [0.1, 0.15) is 11.7 Å². The summed E-state index contributed by atoms with van der Waals surface area (Å²) >= 11 is 0. The second-order valence-corrected chi connectivity index (χ2v) is 11.4. The summed E-state index contributed by atoms with van der Waals surface area (Å²) in [6, 6.07) is 6.13. The van der Waals surface area contributed by atoms with Gasteiger partial charge in [-0.3, -0.25) is 14.6 Å². The fourth-order valence-corrected chi connectivity index (χ4v) is 5.05. The van der Waals surface area contributed by atoms with Crippen molar-refractivity contribution >= 4 is 17.6 Å². The number of aliphatic imine (C=N–C) groups is 1. The van der Waals surface area contributed by atoms with Crippen molar-refractivity contribution < 1.29 is 4.79 Å². The number of likely N-dealkylation sites (N-methyl/N-ethyl adjacent to an activating group) is 1. The van der Waals surface area contributed by atoms with Gasteiger partial charge in [-0.05, 0) is 57.0 Å². The highest BCUT2D eigenvalue weighted by atomic mass is 16.1. The number of aryl methyl sites for hydroxylation is 2. The number of hydrogen-bond donors (Lipinski definition) is 3. The van der Waals surface area contributed by atoms with Crippen LogP contribution in [0.3, 0.4) is 0 Å². The first-order valence-corrected chi connectivity index (χ1v) is 14.4. The number of hydrogen-bond acceptors (Lipinski definition) is 7. The van der Waals surface area contributed by atoms with Crippen molar-refractivity contribution in [2.24, 2.45) is 10.9 Å². The molecule has 10 heteroatoms. The number of nitrogens with zero attached hydrogens (tertiary/aromatic N) is 5. The van der Waals surface area contributed by atoms with Gasteiger partial charge in [-0.1, -0.05) is 26.0 Å². The van der Waals surface area contributed by atoms with E-state index < -0.39 is 0 Å². The van der Waals surface area contributed by atoms with Crippen LogP contribution in [0.1, 0.15) is 43.2 Å². The molecule has 4 heterocycles. The Bertz CT molecular complexity index is 1370. The van der Waals surface area contributed by atoms with E-state index in [0.29, 0.717) is 24.4 Å². The van der Waals surface area contributed by atoms with Gasteiger partial charge in [0.05, 0.1) is 0 Å². The molecule has 2 aliphatic heterocycles. The SMILES string of the molecule is CC=C(Cc1ccc(N2CCN(C)CC2)nc1)N=C1C(=CC(=O)NCc2c(C)cc(C)[nH]c2=O)CNN1CC(C)C. The molecule has 2 saturated heterocycles. The summed E-state index contributed by atoms with van der Waals surface area (Å²) < 4.78 is 0. The quantitative estimate of drug-likeness (QED) is 0.405. The van der Waals surface area contributed by atoms with Crippen LogP contribution in [0.2, 0.25) is 0 Å². The van der Waals surface area contributed by atoms with Crippen molar-refractivity contribution in [3.8, 4) is 0 Å². The minimum absolute atomic E-state index is 0.164. The van der Waals surface area contributed by atoms with E-state index in [4.69, 9.17) is 9.98 Å². The summed E-state index contributed by atoms with van der Waals surface area (Å²) in [6.07, 6.45) is 6.18. The molecule has 0 spiro atoms. The van der Waals surface area contributed by atoms with Crippen LogP contribution in [0.25, 0.3) is 0 Å². The molecular weight excluding hydrogens is 516 g/mol. The maximum absolute atomic E-state index is 12.9. The number of allylic oxidation sites excluding steroid dienone is 2. The third kappa shape index (κ3) is 8.14. The van der Waals surface area contributed by atoms with Crippen LogP contribution in [0.5, 0.6) is 0 Å². The Morgan fingerprint density at radius 1 is 1.20 bits per heavy atom. The number of carbonyl (C=O) groups is 1. The Labute approximate surface area is 243 Å².